The summed E-state index contributed by atoms with van der Waals surface area (Å²) in [7, 11) is 4.45. The molecule has 0 bridgehead atoms. The number of nitrogens with zero attached hydrogens (tertiary/aromatic N) is 4. The molecule has 0 radical (unpaired) electrons. The summed E-state index contributed by atoms with van der Waals surface area (Å²) in [5.74, 6) is 1.30. The van der Waals surface area contributed by atoms with Gasteiger partial charge in [-0.2, -0.15) is 10.5 Å². The number of pyridine rings is 1. The molecule has 5 rings (SSSR count). The van der Waals surface area contributed by atoms with Gasteiger partial charge in [-0.05, 0) is 42.0 Å². The van der Waals surface area contributed by atoms with Gasteiger partial charge in [0.25, 0.3) is 0 Å². The molecule has 0 unspecified atom stereocenters. The van der Waals surface area contributed by atoms with Gasteiger partial charge in [0.1, 0.15) is 28.5 Å². The summed E-state index contributed by atoms with van der Waals surface area (Å²) in [5.41, 5.74) is 8.89. The minimum Gasteiger partial charge on any atom is -0.493 e. The summed E-state index contributed by atoms with van der Waals surface area (Å²) >= 11 is 2.86. The fourth-order valence-electron chi connectivity index (χ4n) is 4.74. The summed E-state index contributed by atoms with van der Waals surface area (Å²) in [6.07, 6.45) is 0.171. The average Bonchev–Trinajstić information content (AvgIpc) is 3.02. The van der Waals surface area contributed by atoms with Crippen LogP contribution in [0.1, 0.15) is 17.5 Å². The highest BCUT2D eigenvalue weighted by Gasteiger charge is 2.28. The predicted molar refractivity (Wildman–Crippen MR) is 163 cm³/mol. The molecule has 0 atom stereocenters. The van der Waals surface area contributed by atoms with Gasteiger partial charge in [-0.25, -0.2) is 4.98 Å². The van der Waals surface area contributed by atoms with Crippen molar-refractivity contribution < 1.29 is 19.0 Å². The monoisotopic (exact) mass is 595 g/mol. The Morgan fingerprint density at radius 1 is 0.929 bits per heavy atom. The van der Waals surface area contributed by atoms with Crippen molar-refractivity contribution in [2.24, 2.45) is 0 Å². The van der Waals surface area contributed by atoms with Crippen LogP contribution in [-0.2, 0) is 4.79 Å². The van der Waals surface area contributed by atoms with E-state index >= 15 is 0 Å². The molecule has 2 N–H and O–H groups in total. The zero-order valence-electron chi connectivity index (χ0n) is 23.0. The maximum Gasteiger partial charge on any atom is 0.232 e. The number of carbonyl (C=O) groups is 1. The van der Waals surface area contributed by atoms with Gasteiger partial charge in [0.2, 0.25) is 11.7 Å². The van der Waals surface area contributed by atoms with E-state index in [1.165, 1.54) is 33.1 Å². The SMILES string of the molecule is COc1cc(-c2c(C#N)c(N)nc(SCCC(=O)N3c4ccccc4Sc4ccccc43)c2C#N)cc(OC)c1OC. The molecule has 4 aromatic rings. The highest BCUT2D eigenvalue weighted by Crippen LogP contribution is 2.48. The smallest absolute Gasteiger partial charge is 0.232 e. The number of hydrogen-bond donors (Lipinski definition) is 1. The van der Waals surface area contributed by atoms with Crippen LogP contribution >= 0.6 is 23.5 Å². The molecule has 42 heavy (non-hydrogen) atoms. The van der Waals surface area contributed by atoms with Crippen molar-refractivity contribution >= 4 is 46.6 Å². The first-order chi connectivity index (χ1) is 20.4. The Labute approximate surface area is 251 Å². The molecule has 3 aromatic carbocycles. The number of anilines is 3. The zero-order chi connectivity index (χ0) is 29.8. The largest absolute Gasteiger partial charge is 0.493 e. The van der Waals surface area contributed by atoms with E-state index in [-0.39, 0.29) is 29.3 Å². The van der Waals surface area contributed by atoms with Crippen LogP contribution in [0.15, 0.2) is 75.5 Å². The lowest BCUT2D eigenvalue weighted by Crippen LogP contribution is -2.28. The van der Waals surface area contributed by atoms with Gasteiger partial charge in [0.15, 0.2) is 11.5 Å². The zero-order valence-corrected chi connectivity index (χ0v) is 24.6. The van der Waals surface area contributed by atoms with E-state index in [4.69, 9.17) is 19.9 Å². The van der Waals surface area contributed by atoms with Gasteiger partial charge in [-0.3, -0.25) is 9.69 Å². The van der Waals surface area contributed by atoms with Crippen molar-refractivity contribution in [1.29, 1.82) is 10.5 Å². The molecule has 2 heterocycles. The van der Waals surface area contributed by atoms with Gasteiger partial charge in [0.05, 0.1) is 38.3 Å². The molecule has 0 spiro atoms. The van der Waals surface area contributed by atoms with Crippen LogP contribution in [0.3, 0.4) is 0 Å². The number of aromatic nitrogens is 1. The summed E-state index contributed by atoms with van der Waals surface area (Å²) < 4.78 is 16.4. The number of rotatable bonds is 8. The van der Waals surface area contributed by atoms with Crippen LogP contribution in [0.5, 0.6) is 17.2 Å². The Balaban J connectivity index is 1.48. The summed E-state index contributed by atoms with van der Waals surface area (Å²) in [6.45, 7) is 0. The van der Waals surface area contributed by atoms with E-state index in [0.29, 0.717) is 39.2 Å². The van der Waals surface area contributed by atoms with E-state index in [9.17, 15) is 15.3 Å². The van der Waals surface area contributed by atoms with Gasteiger partial charge in [0, 0.05) is 27.5 Å². The van der Waals surface area contributed by atoms with Crippen molar-refractivity contribution in [3.8, 4) is 40.5 Å². The molecule has 0 fully saturated rings. The van der Waals surface area contributed by atoms with Crippen LogP contribution in [0.25, 0.3) is 11.1 Å². The lowest BCUT2D eigenvalue weighted by molar-refractivity contribution is -0.117. The minimum atomic E-state index is -0.0901. The number of nitrogen functional groups attached to an aromatic ring is 1. The average molecular weight is 596 g/mol. The molecule has 11 heteroatoms. The number of fused-ring (bicyclic) bond motifs is 2. The molecular formula is C31H25N5O4S2. The summed E-state index contributed by atoms with van der Waals surface area (Å²) in [6, 6.07) is 23.2. The van der Waals surface area contributed by atoms with Gasteiger partial charge in [-0.1, -0.05) is 36.0 Å². The molecule has 210 valence electrons. The summed E-state index contributed by atoms with van der Waals surface area (Å²) in [5, 5.41) is 20.5. The second kappa shape index (κ2) is 12.4. The maximum absolute atomic E-state index is 13.6. The first-order valence-electron chi connectivity index (χ1n) is 12.7. The third-order valence-electron chi connectivity index (χ3n) is 6.61. The van der Waals surface area contributed by atoms with Crippen molar-refractivity contribution in [2.75, 3.05) is 37.7 Å². The van der Waals surface area contributed by atoms with Crippen molar-refractivity contribution in [3.63, 3.8) is 0 Å². The van der Waals surface area contributed by atoms with Crippen LogP contribution in [-0.4, -0.2) is 38.0 Å². The predicted octanol–water partition coefficient (Wildman–Crippen LogP) is 6.41. The Bertz CT molecular complexity index is 1710. The van der Waals surface area contributed by atoms with Crippen LogP contribution in [0.4, 0.5) is 17.2 Å². The van der Waals surface area contributed by atoms with Gasteiger partial charge < -0.3 is 19.9 Å². The topological polar surface area (TPSA) is 134 Å². The van der Waals surface area contributed by atoms with E-state index in [1.54, 1.807) is 28.8 Å². The molecular weight excluding hydrogens is 571 g/mol. The molecule has 9 nitrogen and oxygen atoms in total. The number of carbonyl (C=O) groups excluding carboxylic acids is 1. The highest BCUT2D eigenvalue weighted by atomic mass is 32.2. The number of nitrogens with two attached hydrogens (primary N) is 1. The standard InChI is InChI=1S/C31H25N5O4S2/c1-38-23-14-18(15-24(39-2)29(23)40-3)28-19(16-32)30(34)35-31(20(28)17-33)41-13-12-27(37)36-21-8-4-6-10-25(21)42-26-11-7-5-9-22(26)36/h4-11,14-15H,12-13H2,1-3H3,(H2,34,35). The third kappa shape index (κ3) is 5.16. The second-order valence-corrected chi connectivity index (χ2v) is 11.1. The number of benzene rings is 3. The number of thioether (sulfide) groups is 1. The number of amides is 1. The van der Waals surface area contributed by atoms with Crippen molar-refractivity contribution in [1.82, 2.24) is 4.98 Å². The first kappa shape index (κ1) is 28.7. The fraction of sp³-hybridized carbons (Fsp3) is 0.161. The van der Waals surface area contributed by atoms with E-state index in [1.807, 2.05) is 48.5 Å². The lowest BCUT2D eigenvalue weighted by Gasteiger charge is -2.31. The molecule has 0 saturated heterocycles. The number of ether oxygens (including phenoxy) is 3. The molecule has 0 saturated carbocycles. The molecule has 1 aromatic heterocycles. The van der Waals surface area contributed by atoms with Gasteiger partial charge >= 0.3 is 0 Å². The number of nitriles is 2. The van der Waals surface area contributed by atoms with Crippen molar-refractivity contribution in [3.05, 3.63) is 71.8 Å². The van der Waals surface area contributed by atoms with Crippen LogP contribution in [0.2, 0.25) is 0 Å². The van der Waals surface area contributed by atoms with Crippen LogP contribution < -0.4 is 24.8 Å². The Kier molecular flexibility index (Phi) is 8.43. The summed E-state index contributed by atoms with van der Waals surface area (Å²) in [4.78, 5) is 21.8. The normalized spacial score (nSPS) is 11.5. The lowest BCUT2D eigenvalue weighted by atomic mass is 9.96. The Morgan fingerprint density at radius 2 is 1.50 bits per heavy atom. The molecule has 1 aliphatic rings. The first-order valence-corrected chi connectivity index (χ1v) is 14.5. The van der Waals surface area contributed by atoms with Gasteiger partial charge in [-0.15, -0.1) is 11.8 Å². The van der Waals surface area contributed by atoms with Crippen molar-refractivity contribution in [2.45, 2.75) is 21.2 Å². The molecule has 0 aliphatic carbocycles. The van der Waals surface area contributed by atoms with E-state index in [2.05, 4.69) is 17.1 Å². The van der Waals surface area contributed by atoms with Crippen LogP contribution in [0, 0.1) is 22.7 Å². The molecule has 1 aliphatic heterocycles. The third-order valence-corrected chi connectivity index (χ3v) is 8.71. The fourth-order valence-corrected chi connectivity index (χ4v) is 6.72. The Hall–Kier alpha value is -4.84. The number of para-hydroxylation sites is 2. The maximum atomic E-state index is 13.6. The quantitative estimate of drug-likeness (QED) is 0.228. The number of methoxy groups -OCH3 is 3. The minimum absolute atomic E-state index is 0.0232. The molecule has 1 amide bonds. The number of hydrogen-bond acceptors (Lipinski definition) is 10. The second-order valence-electron chi connectivity index (χ2n) is 8.93. The Morgan fingerprint density at radius 3 is 2.02 bits per heavy atom. The van der Waals surface area contributed by atoms with E-state index in [0.717, 1.165) is 21.2 Å². The van der Waals surface area contributed by atoms with E-state index < -0.39 is 0 Å². The highest BCUT2D eigenvalue weighted by molar-refractivity contribution is 7.99.